The van der Waals surface area contributed by atoms with Crippen LogP contribution in [0.5, 0.6) is 0 Å². The molecule has 0 unspecified atom stereocenters. The fourth-order valence-corrected chi connectivity index (χ4v) is 4.44. The Hall–Kier alpha value is -4.27. The Labute approximate surface area is 277 Å². The maximum absolute atomic E-state index is 13.1. The van der Waals surface area contributed by atoms with Crippen molar-refractivity contribution >= 4 is 58.0 Å². The number of anilines is 2. The van der Waals surface area contributed by atoms with Crippen molar-refractivity contribution in [3.05, 3.63) is 125 Å². The van der Waals surface area contributed by atoms with Gasteiger partial charge in [0.25, 0.3) is 22.9 Å². The van der Waals surface area contributed by atoms with E-state index in [4.69, 9.17) is 34.8 Å². The lowest BCUT2D eigenvalue weighted by atomic mass is 10.1. The summed E-state index contributed by atoms with van der Waals surface area (Å²) < 4.78 is 80.6. The molecular weight excluding hydrogens is 701 g/mol. The zero-order valence-corrected chi connectivity index (χ0v) is 26.9. The SMILES string of the molecule is CN(C(=O)c1cn(C)c(=O)cc1C(F)(F)F)c1ccc(Cl)c(Cl)c1.CN(C(=O)c1cn(C)c(=O)cc1C(F)(F)F)c1ccc(Cl)cc1. The Morgan fingerprint density at radius 3 is 1.38 bits per heavy atom. The zero-order valence-electron chi connectivity index (χ0n) is 24.7. The lowest BCUT2D eigenvalue weighted by molar-refractivity contribution is -0.138. The van der Waals surface area contributed by atoms with E-state index in [9.17, 15) is 45.5 Å². The van der Waals surface area contributed by atoms with Crippen LogP contribution in [0.3, 0.4) is 0 Å². The Balaban J connectivity index is 0.000000256. The molecule has 0 aliphatic carbocycles. The summed E-state index contributed by atoms with van der Waals surface area (Å²) in [6, 6.07) is 11.1. The fraction of sp³-hybridized carbons (Fsp3) is 0.200. The molecule has 17 heteroatoms. The molecule has 0 fully saturated rings. The van der Waals surface area contributed by atoms with Gasteiger partial charge in [-0.2, -0.15) is 26.3 Å². The summed E-state index contributed by atoms with van der Waals surface area (Å²) in [7, 11) is 5.18. The van der Waals surface area contributed by atoms with Gasteiger partial charge in [-0.1, -0.05) is 34.8 Å². The van der Waals surface area contributed by atoms with Crippen molar-refractivity contribution in [3.63, 3.8) is 0 Å². The van der Waals surface area contributed by atoms with Gasteiger partial charge in [-0.25, -0.2) is 0 Å². The van der Waals surface area contributed by atoms with Crippen LogP contribution in [0, 0.1) is 0 Å². The van der Waals surface area contributed by atoms with Crippen molar-refractivity contribution in [2.24, 2.45) is 14.1 Å². The van der Waals surface area contributed by atoms with Crippen LogP contribution in [0.1, 0.15) is 31.8 Å². The monoisotopic (exact) mass is 722 g/mol. The van der Waals surface area contributed by atoms with Crippen molar-refractivity contribution in [2.75, 3.05) is 23.9 Å². The van der Waals surface area contributed by atoms with Crippen LogP contribution in [-0.4, -0.2) is 35.0 Å². The Morgan fingerprint density at radius 2 is 1.00 bits per heavy atom. The van der Waals surface area contributed by atoms with Gasteiger partial charge in [-0.05, 0) is 42.5 Å². The number of carbonyl (C=O) groups is 2. The van der Waals surface area contributed by atoms with E-state index in [2.05, 4.69) is 0 Å². The third-order valence-corrected chi connectivity index (χ3v) is 7.63. The summed E-state index contributed by atoms with van der Waals surface area (Å²) in [6.45, 7) is 0. The summed E-state index contributed by atoms with van der Waals surface area (Å²) in [5, 5.41) is 0.845. The highest BCUT2D eigenvalue weighted by Gasteiger charge is 2.38. The van der Waals surface area contributed by atoms with Crippen LogP contribution in [0.4, 0.5) is 37.7 Å². The van der Waals surface area contributed by atoms with Gasteiger partial charge in [-0.3, -0.25) is 19.2 Å². The molecule has 0 bridgehead atoms. The molecule has 2 aromatic heterocycles. The number of halogens is 9. The number of amides is 2. The van der Waals surface area contributed by atoms with Crippen molar-refractivity contribution in [2.45, 2.75) is 12.4 Å². The highest BCUT2D eigenvalue weighted by Crippen LogP contribution is 2.34. The Kier molecular flexibility index (Phi) is 11.3. The minimum absolute atomic E-state index is 0.158. The van der Waals surface area contributed by atoms with Gasteiger partial charge < -0.3 is 18.9 Å². The van der Waals surface area contributed by atoms with Crippen molar-refractivity contribution in [1.29, 1.82) is 0 Å². The number of pyridine rings is 2. The highest BCUT2D eigenvalue weighted by molar-refractivity contribution is 6.42. The normalized spacial score (nSPS) is 11.4. The molecule has 47 heavy (non-hydrogen) atoms. The summed E-state index contributed by atoms with van der Waals surface area (Å²) in [5.74, 6) is -1.81. The van der Waals surface area contributed by atoms with Gasteiger partial charge >= 0.3 is 12.4 Å². The molecule has 0 atom stereocenters. The lowest BCUT2D eigenvalue weighted by Gasteiger charge is -2.21. The van der Waals surface area contributed by atoms with Crippen molar-refractivity contribution < 1.29 is 35.9 Å². The first-order valence-corrected chi connectivity index (χ1v) is 14.1. The number of carbonyl (C=O) groups excluding carboxylic acids is 2. The van der Waals surface area contributed by atoms with E-state index in [1.165, 1.54) is 70.7 Å². The van der Waals surface area contributed by atoms with Gasteiger partial charge in [-0.15, -0.1) is 0 Å². The summed E-state index contributed by atoms with van der Waals surface area (Å²) in [5.41, 5.74) is -4.86. The molecule has 0 aliphatic rings. The Bertz CT molecular complexity index is 1940. The minimum Gasteiger partial charge on any atom is -0.318 e. The van der Waals surface area contributed by atoms with Crippen molar-refractivity contribution in [3.8, 4) is 0 Å². The summed E-state index contributed by atoms with van der Waals surface area (Å²) in [4.78, 5) is 50.0. The third-order valence-electron chi connectivity index (χ3n) is 6.64. The second-order valence-electron chi connectivity index (χ2n) is 9.90. The van der Waals surface area contributed by atoms with E-state index < -0.39 is 57.5 Å². The van der Waals surface area contributed by atoms with Gasteiger partial charge in [0.05, 0.1) is 32.3 Å². The minimum atomic E-state index is -4.84. The smallest absolute Gasteiger partial charge is 0.318 e. The van der Waals surface area contributed by atoms with Gasteiger partial charge in [0, 0.05) is 69.1 Å². The van der Waals surface area contributed by atoms with E-state index in [0.717, 1.165) is 31.3 Å². The predicted octanol–water partition coefficient (Wildman–Crippen LogP) is 7.32. The van der Waals surface area contributed by atoms with Crippen LogP contribution in [-0.2, 0) is 26.4 Å². The number of benzene rings is 2. The first-order valence-electron chi connectivity index (χ1n) is 13.0. The molecule has 2 aromatic carbocycles. The largest absolute Gasteiger partial charge is 0.417 e. The van der Waals surface area contributed by atoms with E-state index in [0.29, 0.717) is 22.8 Å². The summed E-state index contributed by atoms with van der Waals surface area (Å²) in [6.07, 6.45) is -7.89. The number of alkyl halides is 6. The molecular formula is C30H23Cl3F6N4O4. The second kappa shape index (κ2) is 14.2. The molecule has 0 spiro atoms. The molecule has 2 amide bonds. The molecule has 8 nitrogen and oxygen atoms in total. The summed E-state index contributed by atoms with van der Waals surface area (Å²) >= 11 is 17.4. The van der Waals surface area contributed by atoms with Gasteiger partial charge in [0.1, 0.15) is 0 Å². The first-order chi connectivity index (χ1) is 21.6. The number of aryl methyl sites for hydroxylation is 2. The number of hydrogen-bond donors (Lipinski definition) is 0. The number of aromatic nitrogens is 2. The quantitative estimate of drug-likeness (QED) is 0.207. The fourth-order valence-electron chi connectivity index (χ4n) is 4.02. The number of nitrogens with zero attached hydrogens (tertiary/aromatic N) is 4. The molecule has 0 aliphatic heterocycles. The van der Waals surface area contributed by atoms with Crippen LogP contribution in [0.2, 0.25) is 15.1 Å². The van der Waals surface area contributed by atoms with E-state index >= 15 is 0 Å². The van der Waals surface area contributed by atoms with E-state index in [-0.39, 0.29) is 15.7 Å². The molecule has 0 saturated carbocycles. The molecule has 2 heterocycles. The van der Waals surface area contributed by atoms with Crippen LogP contribution in [0.25, 0.3) is 0 Å². The van der Waals surface area contributed by atoms with E-state index in [1.54, 1.807) is 0 Å². The zero-order chi connectivity index (χ0) is 35.6. The first kappa shape index (κ1) is 37.2. The maximum Gasteiger partial charge on any atom is 0.417 e. The molecule has 4 aromatic rings. The Morgan fingerprint density at radius 1 is 0.617 bits per heavy atom. The average Bonchev–Trinajstić information content (AvgIpc) is 2.99. The van der Waals surface area contributed by atoms with E-state index in [1.807, 2.05) is 0 Å². The number of rotatable bonds is 4. The van der Waals surface area contributed by atoms with Crippen molar-refractivity contribution in [1.82, 2.24) is 9.13 Å². The standard InChI is InChI=1S/C15H11Cl2F3N2O2.C15H12ClF3N2O2/c1-21-7-9(10(6-13(21)23)15(18,19)20)14(24)22(2)8-3-4-11(16)12(17)5-8;1-20-8-11(12(7-13(20)22)15(17,18)19)14(23)21(2)10-5-3-9(16)4-6-10/h3-7H,1-2H3;3-8H,1-2H3. The van der Waals surface area contributed by atoms with Gasteiger partial charge in [0.15, 0.2) is 0 Å². The van der Waals surface area contributed by atoms with Crippen LogP contribution < -0.4 is 20.9 Å². The maximum atomic E-state index is 13.1. The molecule has 4 rings (SSSR count). The van der Waals surface area contributed by atoms with Gasteiger partial charge in [0.2, 0.25) is 0 Å². The predicted molar refractivity (Wildman–Crippen MR) is 167 cm³/mol. The third kappa shape index (κ3) is 8.76. The van der Waals surface area contributed by atoms with Crippen LogP contribution in [0.15, 0.2) is 76.6 Å². The molecule has 0 saturated heterocycles. The average molecular weight is 724 g/mol. The lowest BCUT2D eigenvalue weighted by Crippen LogP contribution is -2.31. The van der Waals surface area contributed by atoms with Crippen LogP contribution >= 0.6 is 34.8 Å². The molecule has 0 radical (unpaired) electrons. The number of hydrogen-bond acceptors (Lipinski definition) is 4. The second-order valence-corrected chi connectivity index (χ2v) is 11.1. The topological polar surface area (TPSA) is 84.6 Å². The molecule has 0 N–H and O–H groups in total. The highest BCUT2D eigenvalue weighted by atomic mass is 35.5. The molecule has 250 valence electrons.